The number of halogens is 1. The molecule has 0 spiro atoms. The van der Waals surface area contributed by atoms with Gasteiger partial charge in [-0.3, -0.25) is 4.57 Å². The summed E-state index contributed by atoms with van der Waals surface area (Å²) in [5.74, 6) is 0.837. The second kappa shape index (κ2) is 3.54. The Morgan fingerprint density at radius 3 is 3.19 bits per heavy atom. The zero-order valence-electron chi connectivity index (χ0n) is 8.14. The maximum Gasteiger partial charge on any atom is 0.156 e. The van der Waals surface area contributed by atoms with Gasteiger partial charge < -0.3 is 5.32 Å². The van der Waals surface area contributed by atoms with E-state index in [0.717, 1.165) is 17.1 Å². The lowest BCUT2D eigenvalue weighted by atomic mass is 10.2. The third-order valence-electron chi connectivity index (χ3n) is 2.49. The van der Waals surface area contributed by atoms with Gasteiger partial charge in [0.1, 0.15) is 11.3 Å². The standard InChI is InChI=1S/C10H7ClN4S/c11-6-1-2-8-7(3-6)10(16)12-4-9-14-13-5-15(8)9/h1-3,5H,4H2,(H,12,16). The van der Waals surface area contributed by atoms with Crippen LogP contribution in [-0.4, -0.2) is 19.8 Å². The van der Waals surface area contributed by atoms with Gasteiger partial charge in [0, 0.05) is 10.6 Å². The molecular formula is C10H7ClN4S. The van der Waals surface area contributed by atoms with Crippen molar-refractivity contribution in [2.24, 2.45) is 0 Å². The molecule has 0 unspecified atom stereocenters. The van der Waals surface area contributed by atoms with E-state index in [1.165, 1.54) is 0 Å². The maximum atomic E-state index is 5.97. The molecule has 4 nitrogen and oxygen atoms in total. The molecular weight excluding hydrogens is 244 g/mol. The van der Waals surface area contributed by atoms with Crippen molar-refractivity contribution in [2.45, 2.75) is 6.54 Å². The Labute approximate surface area is 102 Å². The van der Waals surface area contributed by atoms with Crippen molar-refractivity contribution in [1.29, 1.82) is 0 Å². The first-order valence-electron chi connectivity index (χ1n) is 4.73. The smallest absolute Gasteiger partial charge is 0.156 e. The summed E-state index contributed by atoms with van der Waals surface area (Å²) < 4.78 is 1.91. The van der Waals surface area contributed by atoms with E-state index in [-0.39, 0.29) is 0 Å². The summed E-state index contributed by atoms with van der Waals surface area (Å²) in [6, 6.07) is 5.60. The lowest BCUT2D eigenvalue weighted by Gasteiger charge is -2.08. The summed E-state index contributed by atoms with van der Waals surface area (Å²) in [5.41, 5.74) is 1.86. The van der Waals surface area contributed by atoms with Crippen LogP contribution in [0.4, 0.5) is 0 Å². The number of nitrogens with zero attached hydrogens (tertiary/aromatic N) is 3. The highest BCUT2D eigenvalue weighted by Gasteiger charge is 2.17. The second-order valence-corrected chi connectivity index (χ2v) is 4.31. The molecule has 0 amide bonds. The first-order chi connectivity index (χ1) is 7.75. The van der Waals surface area contributed by atoms with E-state index in [0.29, 0.717) is 16.6 Å². The topological polar surface area (TPSA) is 42.7 Å². The van der Waals surface area contributed by atoms with Crippen molar-refractivity contribution in [2.75, 3.05) is 0 Å². The van der Waals surface area contributed by atoms with Gasteiger partial charge in [0.05, 0.1) is 12.2 Å². The Kier molecular flexibility index (Phi) is 2.15. The van der Waals surface area contributed by atoms with Crippen molar-refractivity contribution < 1.29 is 0 Å². The average molecular weight is 251 g/mol. The van der Waals surface area contributed by atoms with Crippen LogP contribution < -0.4 is 5.32 Å². The van der Waals surface area contributed by atoms with E-state index in [9.17, 15) is 0 Å². The fourth-order valence-electron chi connectivity index (χ4n) is 1.74. The Morgan fingerprint density at radius 2 is 2.31 bits per heavy atom. The molecule has 0 bridgehead atoms. The van der Waals surface area contributed by atoms with E-state index in [1.807, 2.05) is 22.8 Å². The predicted molar refractivity (Wildman–Crippen MR) is 64.9 cm³/mol. The molecule has 1 aliphatic heterocycles. The van der Waals surface area contributed by atoms with Gasteiger partial charge in [0.15, 0.2) is 5.82 Å². The zero-order valence-corrected chi connectivity index (χ0v) is 9.72. The molecule has 0 saturated carbocycles. The molecule has 0 atom stereocenters. The minimum atomic E-state index is 0.575. The molecule has 0 saturated heterocycles. The maximum absolute atomic E-state index is 5.97. The Bertz CT molecular complexity index is 578. The number of rotatable bonds is 0. The Balaban J connectivity index is 2.31. The van der Waals surface area contributed by atoms with Crippen LogP contribution in [0.25, 0.3) is 5.69 Å². The molecule has 0 aliphatic carbocycles. The normalized spacial score (nSPS) is 13.7. The number of fused-ring (bicyclic) bond motifs is 3. The Morgan fingerprint density at radius 1 is 1.44 bits per heavy atom. The van der Waals surface area contributed by atoms with Gasteiger partial charge in [-0.2, -0.15) is 0 Å². The van der Waals surface area contributed by atoms with Gasteiger partial charge in [-0.05, 0) is 18.2 Å². The van der Waals surface area contributed by atoms with Crippen molar-refractivity contribution in [3.63, 3.8) is 0 Å². The van der Waals surface area contributed by atoms with Gasteiger partial charge in [-0.15, -0.1) is 10.2 Å². The summed E-state index contributed by atoms with van der Waals surface area (Å²) in [7, 11) is 0. The molecule has 2 heterocycles. The first kappa shape index (κ1) is 9.74. The summed E-state index contributed by atoms with van der Waals surface area (Å²) in [5, 5.41) is 11.7. The SMILES string of the molecule is S=C1NCc2nncn2-c2ccc(Cl)cc21. The molecule has 16 heavy (non-hydrogen) atoms. The molecule has 1 aromatic carbocycles. The predicted octanol–water partition coefficient (Wildman–Crippen LogP) is 1.70. The number of hydrogen-bond donors (Lipinski definition) is 1. The molecule has 1 aromatic heterocycles. The number of thiocarbonyl (C=S) groups is 1. The number of nitrogens with one attached hydrogen (secondary N) is 1. The van der Waals surface area contributed by atoms with Gasteiger partial charge in [-0.1, -0.05) is 23.8 Å². The van der Waals surface area contributed by atoms with Crippen molar-refractivity contribution in [3.05, 3.63) is 40.9 Å². The van der Waals surface area contributed by atoms with Gasteiger partial charge >= 0.3 is 0 Å². The third kappa shape index (κ3) is 1.40. The Hall–Kier alpha value is -1.46. The van der Waals surface area contributed by atoms with E-state index in [1.54, 1.807) is 6.33 Å². The number of benzene rings is 1. The molecule has 0 fully saturated rings. The minimum Gasteiger partial charge on any atom is -0.368 e. The van der Waals surface area contributed by atoms with Crippen LogP contribution in [0, 0.1) is 0 Å². The van der Waals surface area contributed by atoms with E-state index < -0.39 is 0 Å². The van der Waals surface area contributed by atoms with Gasteiger partial charge in [0.25, 0.3) is 0 Å². The number of hydrogen-bond acceptors (Lipinski definition) is 3. The second-order valence-electron chi connectivity index (χ2n) is 3.46. The minimum absolute atomic E-state index is 0.575. The fraction of sp³-hybridized carbons (Fsp3) is 0.100. The van der Waals surface area contributed by atoms with Crippen LogP contribution in [0.15, 0.2) is 24.5 Å². The van der Waals surface area contributed by atoms with E-state index >= 15 is 0 Å². The molecule has 1 N–H and O–H groups in total. The molecule has 1 aliphatic rings. The van der Waals surface area contributed by atoms with Gasteiger partial charge in [-0.25, -0.2) is 0 Å². The third-order valence-corrected chi connectivity index (χ3v) is 3.09. The summed E-state index contributed by atoms with van der Waals surface area (Å²) >= 11 is 11.3. The van der Waals surface area contributed by atoms with Gasteiger partial charge in [0.2, 0.25) is 0 Å². The number of aromatic nitrogens is 3. The van der Waals surface area contributed by atoms with Crippen LogP contribution in [0.2, 0.25) is 5.02 Å². The zero-order chi connectivity index (χ0) is 11.1. The lowest BCUT2D eigenvalue weighted by Crippen LogP contribution is -2.20. The van der Waals surface area contributed by atoms with Crippen LogP contribution in [0.3, 0.4) is 0 Å². The molecule has 3 rings (SSSR count). The highest BCUT2D eigenvalue weighted by atomic mass is 35.5. The van der Waals surface area contributed by atoms with Crippen LogP contribution in [0.5, 0.6) is 0 Å². The fourth-order valence-corrected chi connectivity index (χ4v) is 2.14. The highest BCUT2D eigenvalue weighted by molar-refractivity contribution is 7.80. The quantitative estimate of drug-likeness (QED) is 0.723. The monoisotopic (exact) mass is 250 g/mol. The molecule has 2 aromatic rings. The van der Waals surface area contributed by atoms with Crippen molar-refractivity contribution in [3.8, 4) is 5.69 Å². The molecule has 0 radical (unpaired) electrons. The molecule has 6 heteroatoms. The van der Waals surface area contributed by atoms with Crippen molar-refractivity contribution in [1.82, 2.24) is 20.1 Å². The van der Waals surface area contributed by atoms with Crippen LogP contribution in [0.1, 0.15) is 11.4 Å². The first-order valence-corrected chi connectivity index (χ1v) is 5.51. The van der Waals surface area contributed by atoms with Crippen LogP contribution >= 0.6 is 23.8 Å². The van der Waals surface area contributed by atoms with E-state index in [2.05, 4.69) is 15.5 Å². The summed E-state index contributed by atoms with van der Waals surface area (Å²) in [6.07, 6.45) is 1.68. The largest absolute Gasteiger partial charge is 0.368 e. The lowest BCUT2D eigenvalue weighted by molar-refractivity contribution is 0.813. The highest BCUT2D eigenvalue weighted by Crippen LogP contribution is 2.23. The van der Waals surface area contributed by atoms with Crippen molar-refractivity contribution >= 4 is 28.8 Å². The summed E-state index contributed by atoms with van der Waals surface area (Å²) in [6.45, 7) is 0.575. The van der Waals surface area contributed by atoms with E-state index in [4.69, 9.17) is 23.8 Å². The molecule has 80 valence electrons. The summed E-state index contributed by atoms with van der Waals surface area (Å²) in [4.78, 5) is 0.683. The average Bonchev–Trinajstić information content (AvgIpc) is 2.69. The van der Waals surface area contributed by atoms with Crippen LogP contribution in [-0.2, 0) is 6.54 Å².